The summed E-state index contributed by atoms with van der Waals surface area (Å²) in [6.07, 6.45) is 2.76. The lowest BCUT2D eigenvalue weighted by atomic mass is 10.4. The lowest BCUT2D eigenvalue weighted by Gasteiger charge is -2.21. The summed E-state index contributed by atoms with van der Waals surface area (Å²) in [5.74, 6) is 0. The summed E-state index contributed by atoms with van der Waals surface area (Å²) in [6.45, 7) is 8.04. The molecule has 1 rings (SSSR count). The van der Waals surface area contributed by atoms with E-state index in [0.29, 0.717) is 13.2 Å². The third kappa shape index (κ3) is 6.10. The Morgan fingerprint density at radius 3 is 2.60 bits per heavy atom. The Morgan fingerprint density at radius 1 is 1.20 bits per heavy atom. The van der Waals surface area contributed by atoms with E-state index in [1.807, 2.05) is 0 Å². The van der Waals surface area contributed by atoms with Gasteiger partial charge in [0.2, 0.25) is 0 Å². The Balaban J connectivity index is 1.90. The zero-order chi connectivity index (χ0) is 10.9. The van der Waals surface area contributed by atoms with Gasteiger partial charge in [0.15, 0.2) is 0 Å². The van der Waals surface area contributed by atoms with Gasteiger partial charge in [0, 0.05) is 26.2 Å². The SMILES string of the molecule is CN(CCOCCN)CCN1CCCC1. The van der Waals surface area contributed by atoms with Gasteiger partial charge in [-0.3, -0.25) is 0 Å². The minimum atomic E-state index is 0.623. The third-order valence-corrected chi connectivity index (χ3v) is 2.88. The van der Waals surface area contributed by atoms with Crippen LogP contribution in [0, 0.1) is 0 Å². The molecule has 1 saturated heterocycles. The molecule has 15 heavy (non-hydrogen) atoms. The van der Waals surface area contributed by atoms with E-state index in [1.54, 1.807) is 0 Å². The Labute approximate surface area is 93.4 Å². The third-order valence-electron chi connectivity index (χ3n) is 2.88. The Bertz CT molecular complexity index is 149. The standard InChI is InChI=1S/C11H25N3O/c1-13(9-11-15-10-4-12)7-8-14-5-2-3-6-14/h2-12H2,1H3. The highest BCUT2D eigenvalue weighted by atomic mass is 16.5. The molecule has 2 N–H and O–H groups in total. The van der Waals surface area contributed by atoms with E-state index in [1.165, 1.54) is 32.5 Å². The van der Waals surface area contributed by atoms with Crippen LogP contribution in [0.5, 0.6) is 0 Å². The summed E-state index contributed by atoms with van der Waals surface area (Å²) < 4.78 is 5.34. The molecular weight excluding hydrogens is 190 g/mol. The van der Waals surface area contributed by atoms with Crippen LogP contribution in [0.15, 0.2) is 0 Å². The monoisotopic (exact) mass is 215 g/mol. The van der Waals surface area contributed by atoms with Crippen molar-refractivity contribution < 1.29 is 4.74 Å². The second kappa shape index (κ2) is 8.05. The molecule has 1 aliphatic heterocycles. The minimum Gasteiger partial charge on any atom is -0.379 e. The van der Waals surface area contributed by atoms with E-state index in [9.17, 15) is 0 Å². The van der Waals surface area contributed by atoms with Crippen LogP contribution in [0.1, 0.15) is 12.8 Å². The fraction of sp³-hybridized carbons (Fsp3) is 1.00. The van der Waals surface area contributed by atoms with Crippen molar-refractivity contribution in [3.63, 3.8) is 0 Å². The smallest absolute Gasteiger partial charge is 0.0593 e. The van der Waals surface area contributed by atoms with Crippen molar-refractivity contribution in [1.82, 2.24) is 9.80 Å². The van der Waals surface area contributed by atoms with E-state index in [0.717, 1.165) is 19.7 Å². The zero-order valence-corrected chi connectivity index (χ0v) is 9.95. The molecule has 4 nitrogen and oxygen atoms in total. The van der Waals surface area contributed by atoms with Gasteiger partial charge in [0.25, 0.3) is 0 Å². The number of hydrogen-bond donors (Lipinski definition) is 1. The lowest BCUT2D eigenvalue weighted by Crippen LogP contribution is -2.33. The molecule has 0 amide bonds. The molecule has 1 fully saturated rings. The first-order valence-corrected chi connectivity index (χ1v) is 6.01. The summed E-state index contributed by atoms with van der Waals surface area (Å²) in [6, 6.07) is 0. The van der Waals surface area contributed by atoms with E-state index in [-0.39, 0.29) is 0 Å². The van der Waals surface area contributed by atoms with E-state index in [2.05, 4.69) is 16.8 Å². The minimum absolute atomic E-state index is 0.623. The van der Waals surface area contributed by atoms with Crippen LogP contribution in [-0.4, -0.2) is 69.3 Å². The van der Waals surface area contributed by atoms with Crippen LogP contribution >= 0.6 is 0 Å². The van der Waals surface area contributed by atoms with Crippen molar-refractivity contribution in [2.45, 2.75) is 12.8 Å². The fourth-order valence-corrected chi connectivity index (χ4v) is 1.84. The van der Waals surface area contributed by atoms with Crippen LogP contribution in [-0.2, 0) is 4.74 Å². The largest absolute Gasteiger partial charge is 0.379 e. The molecule has 0 bridgehead atoms. The first kappa shape index (κ1) is 12.9. The highest BCUT2D eigenvalue weighted by Crippen LogP contribution is 2.06. The molecule has 0 spiro atoms. The molecule has 0 aromatic heterocycles. The highest BCUT2D eigenvalue weighted by molar-refractivity contribution is 4.67. The van der Waals surface area contributed by atoms with Crippen molar-refractivity contribution in [2.75, 3.05) is 59.5 Å². The van der Waals surface area contributed by atoms with Gasteiger partial charge >= 0.3 is 0 Å². The van der Waals surface area contributed by atoms with E-state index >= 15 is 0 Å². The predicted molar refractivity (Wildman–Crippen MR) is 63.0 cm³/mol. The second-order valence-electron chi connectivity index (χ2n) is 4.25. The maximum atomic E-state index is 5.34. The fourth-order valence-electron chi connectivity index (χ4n) is 1.84. The summed E-state index contributed by atoms with van der Waals surface area (Å²) in [5, 5.41) is 0. The number of likely N-dealkylation sites (N-methyl/N-ethyl adjacent to an activating group) is 1. The maximum Gasteiger partial charge on any atom is 0.0593 e. The topological polar surface area (TPSA) is 41.7 Å². The van der Waals surface area contributed by atoms with Crippen LogP contribution in [0.25, 0.3) is 0 Å². The van der Waals surface area contributed by atoms with Gasteiger partial charge in [0.05, 0.1) is 13.2 Å². The normalized spacial score (nSPS) is 17.8. The number of nitrogens with zero attached hydrogens (tertiary/aromatic N) is 2. The van der Waals surface area contributed by atoms with E-state index < -0.39 is 0 Å². The molecular formula is C11H25N3O. The average Bonchev–Trinajstić information content (AvgIpc) is 2.74. The molecule has 0 radical (unpaired) electrons. The van der Waals surface area contributed by atoms with Gasteiger partial charge in [-0.25, -0.2) is 0 Å². The van der Waals surface area contributed by atoms with Crippen molar-refractivity contribution in [3.8, 4) is 0 Å². The van der Waals surface area contributed by atoms with Crippen molar-refractivity contribution >= 4 is 0 Å². The van der Waals surface area contributed by atoms with Gasteiger partial charge in [-0.1, -0.05) is 0 Å². The van der Waals surface area contributed by atoms with Crippen LogP contribution < -0.4 is 5.73 Å². The Hall–Kier alpha value is -0.160. The molecule has 0 aliphatic carbocycles. The van der Waals surface area contributed by atoms with Crippen LogP contribution in [0.3, 0.4) is 0 Å². The summed E-state index contributed by atoms with van der Waals surface area (Å²) in [5.41, 5.74) is 5.34. The zero-order valence-electron chi connectivity index (χ0n) is 9.95. The molecule has 0 saturated carbocycles. The van der Waals surface area contributed by atoms with Gasteiger partial charge in [-0.2, -0.15) is 0 Å². The van der Waals surface area contributed by atoms with Gasteiger partial charge < -0.3 is 20.3 Å². The van der Waals surface area contributed by atoms with Crippen molar-refractivity contribution in [1.29, 1.82) is 0 Å². The van der Waals surface area contributed by atoms with Gasteiger partial charge in [-0.05, 0) is 33.0 Å². The van der Waals surface area contributed by atoms with Gasteiger partial charge in [0.1, 0.15) is 0 Å². The number of ether oxygens (including phenoxy) is 1. The number of hydrogen-bond acceptors (Lipinski definition) is 4. The highest BCUT2D eigenvalue weighted by Gasteiger charge is 2.11. The quantitative estimate of drug-likeness (QED) is 0.578. The molecule has 0 aromatic carbocycles. The van der Waals surface area contributed by atoms with Gasteiger partial charge in [-0.15, -0.1) is 0 Å². The number of rotatable bonds is 8. The van der Waals surface area contributed by atoms with E-state index in [4.69, 9.17) is 10.5 Å². The summed E-state index contributed by atoms with van der Waals surface area (Å²) in [7, 11) is 2.15. The first-order valence-electron chi connectivity index (χ1n) is 6.01. The Morgan fingerprint density at radius 2 is 1.93 bits per heavy atom. The maximum absolute atomic E-state index is 5.34. The number of nitrogens with two attached hydrogens (primary N) is 1. The molecule has 4 heteroatoms. The Kier molecular flexibility index (Phi) is 6.92. The second-order valence-corrected chi connectivity index (χ2v) is 4.25. The molecule has 1 aliphatic rings. The predicted octanol–water partition coefficient (Wildman–Crippen LogP) is -0.0107. The molecule has 90 valence electrons. The van der Waals surface area contributed by atoms with Crippen LogP contribution in [0.2, 0.25) is 0 Å². The molecule has 0 aromatic rings. The summed E-state index contributed by atoms with van der Waals surface area (Å²) >= 11 is 0. The molecule has 0 unspecified atom stereocenters. The van der Waals surface area contributed by atoms with Crippen molar-refractivity contribution in [3.05, 3.63) is 0 Å². The molecule has 1 heterocycles. The first-order chi connectivity index (χ1) is 7.33. The average molecular weight is 215 g/mol. The van der Waals surface area contributed by atoms with Crippen molar-refractivity contribution in [2.24, 2.45) is 5.73 Å². The number of likely N-dealkylation sites (tertiary alicyclic amines) is 1. The molecule has 0 atom stereocenters. The summed E-state index contributed by atoms with van der Waals surface area (Å²) in [4.78, 5) is 4.87. The van der Waals surface area contributed by atoms with Crippen LogP contribution in [0.4, 0.5) is 0 Å². The lowest BCUT2D eigenvalue weighted by molar-refractivity contribution is 0.114.